The van der Waals surface area contributed by atoms with E-state index in [2.05, 4.69) is 0 Å². The Kier molecular flexibility index (Phi) is 2.48. The Morgan fingerprint density at radius 2 is 2.07 bits per heavy atom. The maximum atomic E-state index is 11.1. The van der Waals surface area contributed by atoms with Gasteiger partial charge in [0.2, 0.25) is 0 Å². The van der Waals surface area contributed by atoms with Crippen molar-refractivity contribution in [1.29, 1.82) is 0 Å². The minimum atomic E-state index is -0.407. The minimum Gasteiger partial charge on any atom is -0.423 e. The molecule has 0 aliphatic rings. The van der Waals surface area contributed by atoms with Gasteiger partial charge < -0.3 is 4.42 Å². The zero-order valence-corrected chi connectivity index (χ0v) is 8.60. The molecule has 0 amide bonds. The Bertz CT molecular complexity index is 531. The molecule has 1 aromatic carbocycles. The molecule has 0 atom stereocenters. The molecule has 2 nitrogen and oxygen atoms in total. The van der Waals surface area contributed by atoms with Gasteiger partial charge >= 0.3 is 5.63 Å². The van der Waals surface area contributed by atoms with Crippen molar-refractivity contribution in [3.05, 3.63) is 45.3 Å². The summed E-state index contributed by atoms with van der Waals surface area (Å²) >= 11 is 11.5. The van der Waals surface area contributed by atoms with Crippen LogP contribution in [0.2, 0.25) is 5.02 Å². The molecule has 1 aromatic heterocycles. The monoisotopic (exact) mass is 228 g/mol. The summed E-state index contributed by atoms with van der Waals surface area (Å²) in [6, 6.07) is 6.52. The van der Waals surface area contributed by atoms with Crippen molar-refractivity contribution in [3.63, 3.8) is 0 Å². The molecule has 4 heteroatoms. The predicted octanol–water partition coefficient (Wildman–Crippen LogP) is 3.19. The largest absolute Gasteiger partial charge is 0.423 e. The van der Waals surface area contributed by atoms with Crippen molar-refractivity contribution in [2.75, 3.05) is 0 Å². The highest BCUT2D eigenvalue weighted by molar-refractivity contribution is 6.31. The number of fused-ring (bicyclic) bond motifs is 1. The highest BCUT2D eigenvalue weighted by atomic mass is 35.5. The van der Waals surface area contributed by atoms with Gasteiger partial charge in [0.05, 0.1) is 0 Å². The summed E-state index contributed by atoms with van der Waals surface area (Å²) in [5.41, 5.74) is 0.825. The molecular weight excluding hydrogens is 223 g/mol. The molecule has 2 aromatic rings. The SMILES string of the molecule is O=c1cc(CCl)c2ccc(Cl)cc2o1. The molecular formula is C10H6Cl2O2. The van der Waals surface area contributed by atoms with Crippen molar-refractivity contribution in [1.82, 2.24) is 0 Å². The van der Waals surface area contributed by atoms with E-state index in [4.69, 9.17) is 27.6 Å². The summed E-state index contributed by atoms with van der Waals surface area (Å²) in [4.78, 5) is 11.1. The average Bonchev–Trinajstić information content (AvgIpc) is 2.15. The smallest absolute Gasteiger partial charge is 0.336 e. The van der Waals surface area contributed by atoms with Gasteiger partial charge in [-0.2, -0.15) is 0 Å². The molecule has 0 N–H and O–H groups in total. The highest BCUT2D eigenvalue weighted by Gasteiger charge is 2.04. The van der Waals surface area contributed by atoms with E-state index in [1.54, 1.807) is 18.2 Å². The van der Waals surface area contributed by atoms with E-state index in [0.29, 0.717) is 10.6 Å². The molecule has 0 unspecified atom stereocenters. The first-order chi connectivity index (χ1) is 6.70. The second-order valence-corrected chi connectivity index (χ2v) is 3.57. The number of halogens is 2. The summed E-state index contributed by atoms with van der Waals surface area (Å²) in [7, 11) is 0. The first kappa shape index (κ1) is 9.56. The summed E-state index contributed by atoms with van der Waals surface area (Å²) in [5, 5.41) is 1.36. The fourth-order valence-corrected chi connectivity index (χ4v) is 1.70. The Labute approximate surface area is 90.1 Å². The summed E-state index contributed by atoms with van der Waals surface area (Å²) < 4.78 is 4.99. The Balaban J connectivity index is 2.87. The van der Waals surface area contributed by atoms with Crippen molar-refractivity contribution in [2.45, 2.75) is 5.88 Å². The zero-order valence-electron chi connectivity index (χ0n) is 7.09. The van der Waals surface area contributed by atoms with Gasteiger partial charge in [0.1, 0.15) is 5.58 Å². The molecule has 1 heterocycles. The van der Waals surface area contributed by atoms with Gasteiger partial charge in [0.15, 0.2) is 0 Å². The maximum absolute atomic E-state index is 11.1. The number of benzene rings is 1. The van der Waals surface area contributed by atoms with Crippen LogP contribution in [0.25, 0.3) is 11.0 Å². The average molecular weight is 229 g/mol. The van der Waals surface area contributed by atoms with Gasteiger partial charge in [-0.05, 0) is 17.7 Å². The quantitative estimate of drug-likeness (QED) is 0.555. The van der Waals surface area contributed by atoms with Gasteiger partial charge in [0.25, 0.3) is 0 Å². The van der Waals surface area contributed by atoms with Gasteiger partial charge in [-0.15, -0.1) is 11.6 Å². The van der Waals surface area contributed by atoms with Gasteiger partial charge in [-0.25, -0.2) is 4.79 Å². The lowest BCUT2D eigenvalue weighted by molar-refractivity contribution is 0.559. The fourth-order valence-electron chi connectivity index (χ4n) is 1.31. The van der Waals surface area contributed by atoms with Crippen molar-refractivity contribution in [3.8, 4) is 0 Å². The van der Waals surface area contributed by atoms with Crippen molar-refractivity contribution >= 4 is 34.2 Å². The minimum absolute atomic E-state index is 0.281. The van der Waals surface area contributed by atoms with E-state index in [9.17, 15) is 4.79 Å². The van der Waals surface area contributed by atoms with Gasteiger partial charge in [0, 0.05) is 28.4 Å². The van der Waals surface area contributed by atoms with Crippen LogP contribution in [0, 0.1) is 0 Å². The zero-order chi connectivity index (χ0) is 10.1. The van der Waals surface area contributed by atoms with E-state index in [1.165, 1.54) is 6.07 Å². The van der Waals surface area contributed by atoms with Gasteiger partial charge in [-0.1, -0.05) is 11.6 Å². The third-order valence-corrected chi connectivity index (χ3v) is 2.46. The molecule has 0 fully saturated rings. The van der Waals surface area contributed by atoms with Crippen molar-refractivity contribution < 1.29 is 4.42 Å². The third-order valence-electron chi connectivity index (χ3n) is 1.94. The molecule has 2 rings (SSSR count). The summed E-state index contributed by atoms with van der Waals surface area (Å²) in [6.45, 7) is 0. The lowest BCUT2D eigenvalue weighted by atomic mass is 10.1. The predicted molar refractivity (Wildman–Crippen MR) is 57.1 cm³/mol. The standard InChI is InChI=1S/C10H6Cl2O2/c11-5-6-3-10(13)14-9-4-7(12)1-2-8(6)9/h1-4H,5H2. The van der Waals surface area contributed by atoms with Crippen LogP contribution in [-0.4, -0.2) is 0 Å². The second-order valence-electron chi connectivity index (χ2n) is 2.86. The Hall–Kier alpha value is -0.990. The topological polar surface area (TPSA) is 30.2 Å². The van der Waals surface area contributed by atoms with Crippen LogP contribution >= 0.6 is 23.2 Å². The second kappa shape index (κ2) is 3.64. The van der Waals surface area contributed by atoms with Crippen molar-refractivity contribution in [2.24, 2.45) is 0 Å². The van der Waals surface area contributed by atoms with Gasteiger partial charge in [-0.3, -0.25) is 0 Å². The lowest BCUT2D eigenvalue weighted by Crippen LogP contribution is -1.98. The molecule has 0 aliphatic carbocycles. The van der Waals surface area contributed by atoms with E-state index in [-0.39, 0.29) is 5.88 Å². The van der Waals surface area contributed by atoms with Crippen LogP contribution in [0.4, 0.5) is 0 Å². The maximum Gasteiger partial charge on any atom is 0.336 e. The van der Waals surface area contributed by atoms with Crippen LogP contribution in [0.3, 0.4) is 0 Å². The number of alkyl halides is 1. The molecule has 72 valence electrons. The Morgan fingerprint density at radius 3 is 2.79 bits per heavy atom. The molecule has 0 saturated carbocycles. The van der Waals surface area contributed by atoms with E-state index >= 15 is 0 Å². The van der Waals surface area contributed by atoms with E-state index < -0.39 is 5.63 Å². The molecule has 0 radical (unpaired) electrons. The summed E-state index contributed by atoms with van der Waals surface area (Å²) in [5.74, 6) is 0.281. The molecule has 0 bridgehead atoms. The third kappa shape index (κ3) is 1.63. The van der Waals surface area contributed by atoms with Crippen LogP contribution in [0.1, 0.15) is 5.56 Å². The number of rotatable bonds is 1. The van der Waals surface area contributed by atoms with Crippen LogP contribution in [-0.2, 0) is 5.88 Å². The number of hydrogen-bond donors (Lipinski definition) is 0. The van der Waals surface area contributed by atoms with E-state index in [1.807, 2.05) is 0 Å². The first-order valence-electron chi connectivity index (χ1n) is 3.99. The fraction of sp³-hybridized carbons (Fsp3) is 0.100. The molecule has 0 aliphatic heterocycles. The number of hydrogen-bond acceptors (Lipinski definition) is 2. The molecule has 0 spiro atoms. The highest BCUT2D eigenvalue weighted by Crippen LogP contribution is 2.21. The molecule has 0 saturated heterocycles. The molecule has 14 heavy (non-hydrogen) atoms. The Morgan fingerprint density at radius 1 is 1.29 bits per heavy atom. The van der Waals surface area contributed by atoms with Crippen LogP contribution < -0.4 is 5.63 Å². The summed E-state index contributed by atoms with van der Waals surface area (Å²) in [6.07, 6.45) is 0. The van der Waals surface area contributed by atoms with Crippen LogP contribution in [0.5, 0.6) is 0 Å². The normalized spacial score (nSPS) is 10.7. The van der Waals surface area contributed by atoms with Crippen LogP contribution in [0.15, 0.2) is 33.5 Å². The lowest BCUT2D eigenvalue weighted by Gasteiger charge is -2.01. The van der Waals surface area contributed by atoms with E-state index in [0.717, 1.165) is 10.9 Å². The first-order valence-corrected chi connectivity index (χ1v) is 4.90.